The number of hydrogen-bond donors (Lipinski definition) is 3. The van der Waals surface area contributed by atoms with Crippen molar-refractivity contribution >= 4 is 19.1 Å². The number of aliphatic hydroxyl groups is 2. The molecular weight excluding hydrogens is 453 g/mol. The van der Waals surface area contributed by atoms with Crippen LogP contribution in [0.4, 0.5) is 5.82 Å². The lowest BCUT2D eigenvalue weighted by atomic mass is 10.1. The first-order valence-corrected chi connectivity index (χ1v) is 13.1. The summed E-state index contributed by atoms with van der Waals surface area (Å²) in [5, 5.41) is 28.9. The van der Waals surface area contributed by atoms with E-state index in [4.69, 9.17) is 18.5 Å². The summed E-state index contributed by atoms with van der Waals surface area (Å²) < 4.78 is 35.9. The van der Waals surface area contributed by atoms with Crippen LogP contribution in [-0.4, -0.2) is 80.3 Å². The normalized spacial score (nSPS) is 26.4. The molecule has 0 unspecified atom stereocenters. The number of imidazole rings is 1. The number of ether oxygens (including phenoxy) is 2. The number of aliphatic hydroxyl groups excluding tert-OH is 2. The summed E-state index contributed by atoms with van der Waals surface area (Å²) in [6, 6.07) is 0.352. The average Bonchev–Trinajstić information content (AvgIpc) is 3.51. The van der Waals surface area contributed by atoms with Crippen LogP contribution < -0.4 is 5.32 Å². The van der Waals surface area contributed by atoms with Gasteiger partial charge in [-0.3, -0.25) is 4.57 Å². The Hall–Kier alpha value is -1.66. The molecule has 0 radical (unpaired) electrons. The molecular formula is C20H32N5O7P. The summed E-state index contributed by atoms with van der Waals surface area (Å²) in [5.74, 6) is 0.624. The van der Waals surface area contributed by atoms with E-state index in [0.717, 1.165) is 12.8 Å². The monoisotopic (exact) mass is 485 g/mol. The third kappa shape index (κ3) is 5.37. The third-order valence-electron chi connectivity index (χ3n) is 5.86. The van der Waals surface area contributed by atoms with Gasteiger partial charge < -0.3 is 34.1 Å². The van der Waals surface area contributed by atoms with Crippen molar-refractivity contribution in [2.24, 2.45) is 0 Å². The molecule has 0 bridgehead atoms. The van der Waals surface area contributed by atoms with Gasteiger partial charge in [0.05, 0.1) is 31.7 Å². The van der Waals surface area contributed by atoms with Gasteiger partial charge in [-0.25, -0.2) is 14.5 Å². The zero-order valence-electron chi connectivity index (χ0n) is 18.9. The van der Waals surface area contributed by atoms with E-state index in [1.807, 2.05) is 0 Å². The van der Waals surface area contributed by atoms with Crippen LogP contribution in [0.25, 0.3) is 5.65 Å². The number of hydrogen-bond acceptors (Lipinski definition) is 11. The van der Waals surface area contributed by atoms with E-state index in [1.165, 1.54) is 19.2 Å². The number of rotatable bonds is 11. The van der Waals surface area contributed by atoms with Gasteiger partial charge in [0, 0.05) is 6.04 Å². The lowest BCUT2D eigenvalue weighted by Crippen LogP contribution is -2.33. The Labute approximate surface area is 192 Å². The van der Waals surface area contributed by atoms with Crippen molar-refractivity contribution in [3.63, 3.8) is 0 Å². The van der Waals surface area contributed by atoms with Crippen LogP contribution in [0.5, 0.6) is 0 Å². The zero-order chi connectivity index (χ0) is 23.4. The highest BCUT2D eigenvalue weighted by Crippen LogP contribution is 2.48. The number of nitrogens with zero attached hydrogens (tertiary/aromatic N) is 4. The second kappa shape index (κ2) is 10.7. The van der Waals surface area contributed by atoms with Crippen molar-refractivity contribution in [1.29, 1.82) is 0 Å². The van der Waals surface area contributed by atoms with E-state index in [0.29, 0.717) is 23.2 Å². The molecule has 0 aromatic carbocycles. The molecule has 1 saturated heterocycles. The number of fused-ring (bicyclic) bond motifs is 1. The summed E-state index contributed by atoms with van der Waals surface area (Å²) >= 11 is 0. The minimum Gasteiger partial charge on any atom is -0.387 e. The van der Waals surface area contributed by atoms with Gasteiger partial charge in [0.2, 0.25) is 0 Å². The first-order chi connectivity index (χ1) is 16.0. The molecule has 12 nitrogen and oxygen atoms in total. The van der Waals surface area contributed by atoms with E-state index in [1.54, 1.807) is 24.6 Å². The molecule has 2 aromatic heterocycles. The minimum atomic E-state index is -3.39. The fourth-order valence-electron chi connectivity index (χ4n) is 4.31. The first-order valence-electron chi connectivity index (χ1n) is 11.4. The van der Waals surface area contributed by atoms with Crippen LogP contribution in [0.15, 0.2) is 12.5 Å². The maximum atomic E-state index is 12.5. The summed E-state index contributed by atoms with van der Waals surface area (Å²) in [7, 11) is -3.39. The molecule has 4 atom stereocenters. The fourth-order valence-corrected chi connectivity index (χ4v) is 5.65. The van der Waals surface area contributed by atoms with Gasteiger partial charge in [-0.05, 0) is 26.7 Å². The Morgan fingerprint density at radius 2 is 1.91 bits per heavy atom. The van der Waals surface area contributed by atoms with Gasteiger partial charge in [0.1, 0.15) is 37.1 Å². The summed E-state index contributed by atoms with van der Waals surface area (Å²) in [4.78, 5) is 8.75. The van der Waals surface area contributed by atoms with Crippen LogP contribution in [0.3, 0.4) is 0 Å². The molecule has 0 amide bonds. The van der Waals surface area contributed by atoms with Crippen LogP contribution in [0.2, 0.25) is 0 Å². The second-order valence-electron chi connectivity index (χ2n) is 8.18. The van der Waals surface area contributed by atoms with E-state index in [-0.39, 0.29) is 26.2 Å². The highest BCUT2D eigenvalue weighted by molar-refractivity contribution is 7.53. The maximum absolute atomic E-state index is 12.5. The van der Waals surface area contributed by atoms with E-state index in [2.05, 4.69) is 20.4 Å². The molecule has 33 heavy (non-hydrogen) atoms. The molecule has 2 fully saturated rings. The predicted molar refractivity (Wildman–Crippen MR) is 118 cm³/mol. The molecule has 1 saturated carbocycles. The Morgan fingerprint density at radius 3 is 2.61 bits per heavy atom. The number of anilines is 1. The Balaban J connectivity index is 1.44. The summed E-state index contributed by atoms with van der Waals surface area (Å²) in [6.45, 7) is 3.77. The Kier molecular flexibility index (Phi) is 7.95. The molecule has 4 rings (SSSR count). The quantitative estimate of drug-likeness (QED) is 0.400. The Morgan fingerprint density at radius 1 is 1.18 bits per heavy atom. The van der Waals surface area contributed by atoms with E-state index < -0.39 is 32.0 Å². The van der Waals surface area contributed by atoms with Gasteiger partial charge in [0.15, 0.2) is 11.5 Å². The van der Waals surface area contributed by atoms with Crippen LogP contribution in [0, 0.1) is 0 Å². The first kappa shape index (κ1) is 24.5. The van der Waals surface area contributed by atoms with Gasteiger partial charge in [-0.2, -0.15) is 5.10 Å². The van der Waals surface area contributed by atoms with Gasteiger partial charge in [-0.1, -0.05) is 12.8 Å². The molecule has 0 spiro atoms. The number of aromatic nitrogens is 4. The standard InChI is InChI=1S/C20H32N5O7P/c1-3-30-33(28,31-4-2)12-29-10-15-16(26)17(27)18(32-15)14-9-21-20-19(22-11-23-25(14)20)24-13-7-5-6-8-13/h9,11,13,15-18,26-27H,3-8,10,12H2,1-2H3,(H,22,23,24)/t15-,16-,17-,18+/m1/s1. The largest absolute Gasteiger partial charge is 0.387 e. The molecule has 13 heteroatoms. The molecule has 1 aliphatic carbocycles. The zero-order valence-corrected chi connectivity index (χ0v) is 19.8. The smallest absolute Gasteiger partial charge is 0.356 e. The minimum absolute atomic E-state index is 0.0981. The topological polar surface area (TPSA) is 150 Å². The van der Waals surface area contributed by atoms with Crippen molar-refractivity contribution in [2.75, 3.05) is 31.5 Å². The van der Waals surface area contributed by atoms with E-state index >= 15 is 0 Å². The van der Waals surface area contributed by atoms with E-state index in [9.17, 15) is 14.8 Å². The molecule has 184 valence electrons. The average molecular weight is 485 g/mol. The molecule has 2 aliphatic rings. The molecule has 3 N–H and O–H groups in total. The van der Waals surface area contributed by atoms with Crippen molar-refractivity contribution in [2.45, 2.75) is 70.0 Å². The van der Waals surface area contributed by atoms with Crippen molar-refractivity contribution in [1.82, 2.24) is 19.6 Å². The maximum Gasteiger partial charge on any atom is 0.356 e. The lowest BCUT2D eigenvalue weighted by molar-refractivity contribution is -0.0411. The second-order valence-corrected chi connectivity index (χ2v) is 10.2. The predicted octanol–water partition coefficient (Wildman–Crippen LogP) is 1.88. The van der Waals surface area contributed by atoms with Gasteiger partial charge in [-0.15, -0.1) is 0 Å². The fraction of sp³-hybridized carbons (Fsp3) is 0.750. The highest BCUT2D eigenvalue weighted by Gasteiger charge is 2.45. The van der Waals surface area contributed by atoms with Crippen molar-refractivity contribution in [3.8, 4) is 0 Å². The highest BCUT2D eigenvalue weighted by atomic mass is 31.2. The molecule has 1 aliphatic heterocycles. The third-order valence-corrected chi connectivity index (χ3v) is 7.67. The number of nitrogens with one attached hydrogen (secondary N) is 1. The van der Waals surface area contributed by atoms with Gasteiger partial charge in [0.25, 0.3) is 0 Å². The van der Waals surface area contributed by atoms with Crippen LogP contribution >= 0.6 is 7.60 Å². The van der Waals surface area contributed by atoms with Crippen molar-refractivity contribution in [3.05, 3.63) is 18.2 Å². The SMILES string of the molecule is CCOP(=O)(COC[C@H]1O[C@@H](c2cnc3c(NC4CCCC4)ncnn23)[C@H](O)[C@@H]1O)OCC. The Bertz CT molecular complexity index is 959. The van der Waals surface area contributed by atoms with Crippen LogP contribution in [0.1, 0.15) is 51.3 Å². The van der Waals surface area contributed by atoms with Gasteiger partial charge >= 0.3 is 7.60 Å². The van der Waals surface area contributed by atoms with Crippen molar-refractivity contribution < 1.29 is 33.3 Å². The molecule has 2 aromatic rings. The molecule has 3 heterocycles. The lowest BCUT2D eigenvalue weighted by Gasteiger charge is -2.19. The van der Waals surface area contributed by atoms with Crippen LogP contribution in [-0.2, 0) is 23.1 Å². The summed E-state index contributed by atoms with van der Waals surface area (Å²) in [6.07, 6.45) is 3.11. The summed E-state index contributed by atoms with van der Waals surface area (Å²) in [5.41, 5.74) is 1.02.